The third kappa shape index (κ3) is 3.61. The number of halogens is 1. The van der Waals surface area contributed by atoms with Crippen molar-refractivity contribution in [1.82, 2.24) is 5.32 Å². The molecule has 1 heterocycles. The smallest absolute Gasteiger partial charge is 0.142 e. The van der Waals surface area contributed by atoms with E-state index in [-0.39, 0.29) is 0 Å². The van der Waals surface area contributed by atoms with Gasteiger partial charge in [-0.05, 0) is 37.6 Å². The zero-order chi connectivity index (χ0) is 12.1. The Labute approximate surface area is 111 Å². The molecule has 0 saturated carbocycles. The fraction of sp³-hybridized carbons (Fsp3) is 0.538. The van der Waals surface area contributed by atoms with Crippen LogP contribution in [0.15, 0.2) is 22.7 Å². The van der Waals surface area contributed by atoms with Crippen LogP contribution in [0.25, 0.3) is 0 Å². The number of nitrogens with one attached hydrogen (secondary N) is 2. The SMILES string of the molecule is COc1ccc(Br)cc1NCC1CCCCN1. The van der Waals surface area contributed by atoms with E-state index in [0.29, 0.717) is 6.04 Å². The minimum absolute atomic E-state index is 0.576. The van der Waals surface area contributed by atoms with E-state index < -0.39 is 0 Å². The number of hydrogen-bond acceptors (Lipinski definition) is 3. The van der Waals surface area contributed by atoms with Crippen LogP contribution in [0, 0.1) is 0 Å². The van der Waals surface area contributed by atoms with Gasteiger partial charge in [0.05, 0.1) is 12.8 Å². The van der Waals surface area contributed by atoms with Gasteiger partial charge in [-0.2, -0.15) is 0 Å². The van der Waals surface area contributed by atoms with Crippen molar-refractivity contribution in [3.63, 3.8) is 0 Å². The van der Waals surface area contributed by atoms with Crippen molar-refractivity contribution in [3.05, 3.63) is 22.7 Å². The predicted molar refractivity (Wildman–Crippen MR) is 74.8 cm³/mol. The van der Waals surface area contributed by atoms with Gasteiger partial charge in [0, 0.05) is 17.1 Å². The maximum atomic E-state index is 5.34. The fourth-order valence-electron chi connectivity index (χ4n) is 2.15. The highest BCUT2D eigenvalue weighted by Crippen LogP contribution is 2.27. The van der Waals surface area contributed by atoms with E-state index in [9.17, 15) is 0 Å². The quantitative estimate of drug-likeness (QED) is 0.896. The molecule has 4 heteroatoms. The number of hydrogen-bond donors (Lipinski definition) is 2. The molecule has 1 aromatic carbocycles. The summed E-state index contributed by atoms with van der Waals surface area (Å²) in [5.74, 6) is 0.893. The van der Waals surface area contributed by atoms with Crippen molar-refractivity contribution in [3.8, 4) is 5.75 Å². The molecule has 2 rings (SSSR count). The number of methoxy groups -OCH3 is 1. The van der Waals surface area contributed by atoms with Crippen LogP contribution in [0.5, 0.6) is 5.75 Å². The summed E-state index contributed by atoms with van der Waals surface area (Å²) in [7, 11) is 1.70. The Morgan fingerprint density at radius 1 is 1.47 bits per heavy atom. The van der Waals surface area contributed by atoms with Gasteiger partial charge >= 0.3 is 0 Å². The van der Waals surface area contributed by atoms with Crippen LogP contribution in [-0.2, 0) is 0 Å². The van der Waals surface area contributed by atoms with Crippen molar-refractivity contribution in [2.75, 3.05) is 25.5 Å². The van der Waals surface area contributed by atoms with Gasteiger partial charge in [-0.25, -0.2) is 0 Å². The molecule has 94 valence electrons. The molecule has 3 nitrogen and oxygen atoms in total. The molecule has 1 aliphatic rings. The Kier molecular flexibility index (Phi) is 4.68. The highest BCUT2D eigenvalue weighted by molar-refractivity contribution is 9.10. The summed E-state index contributed by atoms with van der Waals surface area (Å²) in [6.45, 7) is 2.09. The second-order valence-corrected chi connectivity index (χ2v) is 5.29. The zero-order valence-electron chi connectivity index (χ0n) is 10.1. The maximum absolute atomic E-state index is 5.34. The van der Waals surface area contributed by atoms with Crippen LogP contribution < -0.4 is 15.4 Å². The maximum Gasteiger partial charge on any atom is 0.142 e. The van der Waals surface area contributed by atoms with E-state index in [1.54, 1.807) is 7.11 Å². The zero-order valence-corrected chi connectivity index (χ0v) is 11.7. The van der Waals surface area contributed by atoms with Gasteiger partial charge in [0.25, 0.3) is 0 Å². The first-order valence-electron chi connectivity index (χ1n) is 6.10. The molecule has 1 atom stereocenters. The van der Waals surface area contributed by atoms with Gasteiger partial charge in [-0.3, -0.25) is 0 Å². The highest BCUT2D eigenvalue weighted by atomic mass is 79.9. The lowest BCUT2D eigenvalue weighted by Gasteiger charge is -2.24. The van der Waals surface area contributed by atoms with E-state index in [1.807, 2.05) is 12.1 Å². The predicted octanol–water partition coefficient (Wildman–Crippen LogP) is 3.01. The van der Waals surface area contributed by atoms with Gasteiger partial charge < -0.3 is 15.4 Å². The normalized spacial score (nSPS) is 20.0. The molecule has 1 unspecified atom stereocenters. The summed E-state index contributed by atoms with van der Waals surface area (Å²) in [5, 5.41) is 6.98. The molecule has 0 bridgehead atoms. The van der Waals surface area contributed by atoms with E-state index in [1.165, 1.54) is 19.3 Å². The fourth-order valence-corrected chi connectivity index (χ4v) is 2.51. The van der Waals surface area contributed by atoms with Gasteiger partial charge in [-0.15, -0.1) is 0 Å². The summed E-state index contributed by atoms with van der Waals surface area (Å²) in [6.07, 6.45) is 3.88. The van der Waals surface area contributed by atoms with Crippen LogP contribution in [0.3, 0.4) is 0 Å². The first-order chi connectivity index (χ1) is 8.29. The van der Waals surface area contributed by atoms with Gasteiger partial charge in [0.15, 0.2) is 0 Å². The average Bonchev–Trinajstić information content (AvgIpc) is 2.38. The molecular formula is C13H19BrN2O. The number of rotatable bonds is 4. The Morgan fingerprint density at radius 2 is 2.35 bits per heavy atom. The van der Waals surface area contributed by atoms with E-state index >= 15 is 0 Å². The molecular weight excluding hydrogens is 280 g/mol. The monoisotopic (exact) mass is 298 g/mol. The van der Waals surface area contributed by atoms with E-state index in [2.05, 4.69) is 32.6 Å². The van der Waals surface area contributed by atoms with Crippen molar-refractivity contribution < 1.29 is 4.74 Å². The third-order valence-electron chi connectivity index (χ3n) is 3.11. The van der Waals surface area contributed by atoms with Crippen LogP contribution in [0.4, 0.5) is 5.69 Å². The Bertz CT molecular complexity index is 364. The Balaban J connectivity index is 1.95. The molecule has 0 aliphatic carbocycles. The largest absolute Gasteiger partial charge is 0.495 e. The highest BCUT2D eigenvalue weighted by Gasteiger charge is 2.12. The molecule has 1 saturated heterocycles. The number of benzene rings is 1. The molecule has 0 aromatic heterocycles. The molecule has 1 aliphatic heterocycles. The number of piperidine rings is 1. The summed E-state index contributed by atoms with van der Waals surface area (Å²) in [5.41, 5.74) is 1.05. The lowest BCUT2D eigenvalue weighted by atomic mass is 10.1. The summed E-state index contributed by atoms with van der Waals surface area (Å²) in [4.78, 5) is 0. The van der Waals surface area contributed by atoms with Crippen molar-refractivity contribution >= 4 is 21.6 Å². The van der Waals surface area contributed by atoms with E-state index in [0.717, 1.165) is 29.0 Å². The lowest BCUT2D eigenvalue weighted by Crippen LogP contribution is -2.39. The number of anilines is 1. The first kappa shape index (κ1) is 12.7. The average molecular weight is 299 g/mol. The molecule has 0 amide bonds. The summed E-state index contributed by atoms with van der Waals surface area (Å²) >= 11 is 3.48. The first-order valence-corrected chi connectivity index (χ1v) is 6.89. The van der Waals surface area contributed by atoms with Crippen LogP contribution in [0.2, 0.25) is 0 Å². The molecule has 0 radical (unpaired) electrons. The minimum atomic E-state index is 0.576. The molecule has 0 spiro atoms. The van der Waals surface area contributed by atoms with Gasteiger partial charge in [0.1, 0.15) is 5.75 Å². The standard InChI is InChI=1S/C13H19BrN2O/c1-17-13-6-5-10(14)8-12(13)16-9-11-4-2-3-7-15-11/h5-6,8,11,15-16H,2-4,7,9H2,1H3. The Hall–Kier alpha value is -0.740. The van der Waals surface area contributed by atoms with Crippen LogP contribution in [-0.4, -0.2) is 26.2 Å². The van der Waals surface area contributed by atoms with Gasteiger partial charge in [0.2, 0.25) is 0 Å². The second-order valence-electron chi connectivity index (χ2n) is 4.37. The van der Waals surface area contributed by atoms with Crippen molar-refractivity contribution in [2.45, 2.75) is 25.3 Å². The summed E-state index contributed by atoms with van der Waals surface area (Å²) in [6, 6.07) is 6.60. The second kappa shape index (κ2) is 6.26. The van der Waals surface area contributed by atoms with Crippen LogP contribution in [0.1, 0.15) is 19.3 Å². The van der Waals surface area contributed by atoms with Gasteiger partial charge in [-0.1, -0.05) is 22.4 Å². The molecule has 1 fully saturated rings. The minimum Gasteiger partial charge on any atom is -0.495 e. The van der Waals surface area contributed by atoms with Crippen molar-refractivity contribution in [1.29, 1.82) is 0 Å². The number of ether oxygens (including phenoxy) is 1. The molecule has 2 N–H and O–H groups in total. The van der Waals surface area contributed by atoms with Crippen LogP contribution >= 0.6 is 15.9 Å². The van der Waals surface area contributed by atoms with E-state index in [4.69, 9.17) is 4.74 Å². The topological polar surface area (TPSA) is 33.3 Å². The molecule has 1 aromatic rings. The Morgan fingerprint density at radius 3 is 3.06 bits per heavy atom. The lowest BCUT2D eigenvalue weighted by molar-refractivity contribution is 0.407. The summed E-state index contributed by atoms with van der Waals surface area (Å²) < 4.78 is 6.40. The van der Waals surface area contributed by atoms with Crippen molar-refractivity contribution in [2.24, 2.45) is 0 Å². The third-order valence-corrected chi connectivity index (χ3v) is 3.61. The molecule has 17 heavy (non-hydrogen) atoms.